The smallest absolute Gasteiger partial charge is 0.0703 e. The molecule has 0 bridgehead atoms. The maximum absolute atomic E-state index is 2.50. The van der Waals surface area contributed by atoms with Gasteiger partial charge < -0.3 is 19.6 Å². The van der Waals surface area contributed by atoms with E-state index in [1.807, 2.05) is 0 Å². The molecule has 71 heavy (non-hydrogen) atoms. The molecule has 0 saturated carbocycles. The van der Waals surface area contributed by atoms with Crippen LogP contribution >= 0.6 is 0 Å². The van der Waals surface area contributed by atoms with Gasteiger partial charge in [0, 0.05) is 33.9 Å². The molecule has 2 atom stereocenters. The van der Waals surface area contributed by atoms with Crippen LogP contribution in [-0.2, 0) is 11.8 Å². The van der Waals surface area contributed by atoms with Gasteiger partial charge in [0.2, 0.25) is 0 Å². The molecule has 13 rings (SSSR count). The minimum absolute atomic E-state index is 0.163. The fraction of sp³-hybridized carbons (Fsp3) is 0.134. The van der Waals surface area contributed by atoms with Gasteiger partial charge in [0.1, 0.15) is 0 Å². The molecule has 9 aromatic carbocycles. The lowest BCUT2D eigenvalue weighted by Crippen LogP contribution is -2.33. The van der Waals surface area contributed by atoms with Crippen LogP contribution in [0.1, 0.15) is 62.3 Å². The lowest BCUT2D eigenvalue weighted by Gasteiger charge is -2.43. The predicted molar refractivity (Wildman–Crippen MR) is 298 cm³/mol. The van der Waals surface area contributed by atoms with Gasteiger partial charge in [-0.25, -0.2) is 0 Å². The van der Waals surface area contributed by atoms with Gasteiger partial charge in [-0.05, 0) is 160 Å². The van der Waals surface area contributed by atoms with Gasteiger partial charge in [0.25, 0.3) is 0 Å². The van der Waals surface area contributed by atoms with E-state index < -0.39 is 0 Å². The molecule has 4 nitrogen and oxygen atoms in total. The Kier molecular flexibility index (Phi) is 10.2. The molecule has 2 heterocycles. The van der Waals surface area contributed by atoms with Crippen molar-refractivity contribution in [3.63, 3.8) is 0 Å². The molecule has 9 aromatic rings. The van der Waals surface area contributed by atoms with E-state index in [1.54, 1.807) is 0 Å². The van der Waals surface area contributed by atoms with Crippen molar-refractivity contribution >= 4 is 56.9 Å². The molecule has 0 saturated heterocycles. The summed E-state index contributed by atoms with van der Waals surface area (Å²) >= 11 is 0. The lowest BCUT2D eigenvalue weighted by atomic mass is 9.80. The largest absolute Gasteiger partial charge is 0.310 e. The maximum atomic E-state index is 2.50. The Morgan fingerprint density at radius 2 is 0.887 bits per heavy atom. The first-order valence-corrected chi connectivity index (χ1v) is 25.3. The van der Waals surface area contributed by atoms with Crippen LogP contribution in [0.25, 0.3) is 22.3 Å². The van der Waals surface area contributed by atoms with Crippen molar-refractivity contribution in [3.8, 4) is 22.3 Å². The van der Waals surface area contributed by atoms with E-state index in [1.165, 1.54) is 107 Å². The summed E-state index contributed by atoms with van der Waals surface area (Å²) in [6.07, 6.45) is 6.62. The highest BCUT2D eigenvalue weighted by atomic mass is 15.3. The highest BCUT2D eigenvalue weighted by Gasteiger charge is 2.38. The molecular formula is C67H56N4. The summed E-state index contributed by atoms with van der Waals surface area (Å²) in [5.74, 6) is 0.814. The number of nitrogens with zero attached hydrogens (tertiary/aromatic N) is 4. The van der Waals surface area contributed by atoms with Crippen molar-refractivity contribution in [2.24, 2.45) is 5.92 Å². The molecule has 4 heteroatoms. The second-order valence-corrected chi connectivity index (χ2v) is 20.4. The molecule has 2 aliphatic carbocycles. The van der Waals surface area contributed by atoms with Crippen LogP contribution in [-0.4, -0.2) is 0 Å². The third kappa shape index (κ3) is 7.11. The number of fused-ring (bicyclic) bond motifs is 6. The highest BCUT2D eigenvalue weighted by molar-refractivity contribution is 6.02. The van der Waals surface area contributed by atoms with E-state index in [0.29, 0.717) is 11.8 Å². The lowest BCUT2D eigenvalue weighted by molar-refractivity contribution is 0.656. The number of para-hydroxylation sites is 8. The Morgan fingerprint density at radius 3 is 1.46 bits per heavy atom. The van der Waals surface area contributed by atoms with Crippen molar-refractivity contribution in [2.45, 2.75) is 51.9 Å². The number of allylic oxidation sites excluding steroid dienone is 3. The molecule has 0 aromatic heterocycles. The van der Waals surface area contributed by atoms with Crippen molar-refractivity contribution in [2.75, 3.05) is 19.6 Å². The van der Waals surface area contributed by atoms with Crippen molar-refractivity contribution < 1.29 is 0 Å². The SMILES string of the molecule is CC1C=CC2=C(C1)N(c1ccc(-c3ccc(CC(C)c4ccc5c(c4)C(C)(C)c4cc(N6c7ccccc7N(c7ccccc7)c7ccccc76)ccc4-5)cc3)cc1)c1ccccc1N2c1ccccc1. The van der Waals surface area contributed by atoms with Crippen LogP contribution in [0, 0.1) is 5.92 Å². The van der Waals surface area contributed by atoms with E-state index in [0.717, 1.165) is 18.5 Å². The maximum Gasteiger partial charge on any atom is 0.0703 e. The quantitative estimate of drug-likeness (QED) is 0.151. The zero-order valence-electron chi connectivity index (χ0n) is 40.8. The molecule has 0 spiro atoms. The van der Waals surface area contributed by atoms with Gasteiger partial charge in [-0.2, -0.15) is 0 Å². The first kappa shape index (κ1) is 42.7. The van der Waals surface area contributed by atoms with Gasteiger partial charge >= 0.3 is 0 Å². The Hall–Kier alpha value is -8.34. The van der Waals surface area contributed by atoms with E-state index in [2.05, 4.69) is 278 Å². The van der Waals surface area contributed by atoms with Gasteiger partial charge in [0.15, 0.2) is 0 Å². The summed E-state index contributed by atoms with van der Waals surface area (Å²) in [7, 11) is 0. The van der Waals surface area contributed by atoms with Crippen molar-refractivity contribution in [3.05, 3.63) is 264 Å². The summed E-state index contributed by atoms with van der Waals surface area (Å²) in [5.41, 5.74) is 24.8. The van der Waals surface area contributed by atoms with Gasteiger partial charge in [0.05, 0.1) is 39.8 Å². The standard InChI is InChI=1S/C67H56N4/c1-45-27-40-65-66(41-45)70(62-24-14-11-21-59(62)69(65)52-19-9-6-10-20-52)53-35-32-49(33-36-53)48-30-28-47(29-31-48)42-46(2)50-34-38-55-56-39-37-54(44-58(56)67(3,4)57(55)43-50)71-63-25-15-12-22-60(63)68(51-17-7-5-8-18-51)61-23-13-16-26-64(61)71/h5-40,43-46H,41-42H2,1-4H3. The van der Waals surface area contributed by atoms with Gasteiger partial charge in [-0.15, -0.1) is 0 Å². The monoisotopic (exact) mass is 916 g/mol. The third-order valence-corrected chi connectivity index (χ3v) is 15.5. The summed E-state index contributed by atoms with van der Waals surface area (Å²) in [4.78, 5) is 9.75. The minimum Gasteiger partial charge on any atom is -0.310 e. The number of anilines is 10. The molecule has 0 fully saturated rings. The van der Waals surface area contributed by atoms with E-state index in [4.69, 9.17) is 0 Å². The zero-order chi connectivity index (χ0) is 47.8. The molecule has 344 valence electrons. The van der Waals surface area contributed by atoms with Crippen LogP contribution in [0.5, 0.6) is 0 Å². The van der Waals surface area contributed by atoms with Crippen LogP contribution < -0.4 is 19.6 Å². The fourth-order valence-electron chi connectivity index (χ4n) is 11.9. The topological polar surface area (TPSA) is 13.0 Å². The van der Waals surface area contributed by atoms with Crippen molar-refractivity contribution in [1.82, 2.24) is 0 Å². The second kappa shape index (κ2) is 17.0. The van der Waals surface area contributed by atoms with Crippen LogP contribution in [0.15, 0.2) is 242 Å². The molecule has 0 N–H and O–H groups in total. The summed E-state index contributed by atoms with van der Waals surface area (Å²) < 4.78 is 0. The first-order chi connectivity index (χ1) is 34.8. The number of benzene rings is 9. The van der Waals surface area contributed by atoms with Crippen molar-refractivity contribution in [1.29, 1.82) is 0 Å². The molecule has 4 aliphatic rings. The Morgan fingerprint density at radius 1 is 0.451 bits per heavy atom. The average Bonchev–Trinajstić information content (AvgIpc) is 3.64. The molecular weight excluding hydrogens is 861 g/mol. The second-order valence-electron chi connectivity index (χ2n) is 20.4. The van der Waals surface area contributed by atoms with E-state index in [9.17, 15) is 0 Å². The Labute approximate surface area is 418 Å². The van der Waals surface area contributed by atoms with E-state index >= 15 is 0 Å². The summed E-state index contributed by atoms with van der Waals surface area (Å²) in [5, 5.41) is 0. The number of hydrogen-bond acceptors (Lipinski definition) is 4. The molecule has 2 aliphatic heterocycles. The number of rotatable bonds is 8. The predicted octanol–water partition coefficient (Wildman–Crippen LogP) is 18.4. The van der Waals surface area contributed by atoms with Crippen LogP contribution in [0.2, 0.25) is 0 Å². The molecule has 2 unspecified atom stereocenters. The van der Waals surface area contributed by atoms with Gasteiger partial charge in [-0.1, -0.05) is 167 Å². The van der Waals surface area contributed by atoms with Crippen LogP contribution in [0.4, 0.5) is 56.9 Å². The third-order valence-electron chi connectivity index (χ3n) is 15.5. The average molecular weight is 917 g/mol. The molecule has 0 amide bonds. The van der Waals surface area contributed by atoms with Gasteiger partial charge in [-0.3, -0.25) is 0 Å². The number of hydrogen-bond donors (Lipinski definition) is 0. The first-order valence-electron chi connectivity index (χ1n) is 25.3. The Balaban J connectivity index is 0.743. The van der Waals surface area contributed by atoms with E-state index in [-0.39, 0.29) is 5.41 Å². The highest BCUT2D eigenvalue weighted by Crippen LogP contribution is 2.57. The summed E-state index contributed by atoms with van der Waals surface area (Å²) in [6, 6.07) is 80.7. The zero-order valence-corrected chi connectivity index (χ0v) is 40.8. The fourth-order valence-corrected chi connectivity index (χ4v) is 11.9. The normalized spacial score (nSPS) is 16.4. The molecule has 0 radical (unpaired) electrons. The minimum atomic E-state index is -0.163. The van der Waals surface area contributed by atoms with Crippen LogP contribution in [0.3, 0.4) is 0 Å². The summed E-state index contributed by atoms with van der Waals surface area (Å²) in [6.45, 7) is 9.51. The Bertz CT molecular complexity index is 3500.